The lowest BCUT2D eigenvalue weighted by Crippen LogP contribution is -2.30. The summed E-state index contributed by atoms with van der Waals surface area (Å²) in [7, 11) is -3.61. The number of carboxylic acids is 1. The SMILES string of the molecule is O=C(O)Cn1ncc2c1CCC[C@H]2NCS(=O)(=O)c1ccc(Br)cc1Cl. The second-order valence-electron chi connectivity index (χ2n) is 6.08. The van der Waals surface area contributed by atoms with Crippen LogP contribution in [0.4, 0.5) is 0 Å². The van der Waals surface area contributed by atoms with E-state index < -0.39 is 15.8 Å². The molecule has 7 nitrogen and oxygen atoms in total. The molecule has 3 rings (SSSR count). The summed E-state index contributed by atoms with van der Waals surface area (Å²) < 4.78 is 27.4. The molecule has 2 N–H and O–H groups in total. The molecule has 1 heterocycles. The fraction of sp³-hybridized carbons (Fsp3) is 0.375. The quantitative estimate of drug-likeness (QED) is 0.684. The molecule has 26 heavy (non-hydrogen) atoms. The summed E-state index contributed by atoms with van der Waals surface area (Å²) in [6.07, 6.45) is 3.94. The van der Waals surface area contributed by atoms with Crippen molar-refractivity contribution in [1.29, 1.82) is 0 Å². The van der Waals surface area contributed by atoms with Crippen molar-refractivity contribution in [2.45, 2.75) is 36.7 Å². The first kappa shape index (κ1) is 19.3. The Labute approximate surface area is 164 Å². The van der Waals surface area contributed by atoms with Crippen molar-refractivity contribution < 1.29 is 18.3 Å². The molecular formula is C16H17BrClN3O4S. The molecule has 0 unspecified atom stereocenters. The Hall–Kier alpha value is -1.42. The molecule has 1 aliphatic carbocycles. The van der Waals surface area contributed by atoms with E-state index in [4.69, 9.17) is 16.7 Å². The maximum atomic E-state index is 12.6. The number of aromatic nitrogens is 2. The highest BCUT2D eigenvalue weighted by atomic mass is 79.9. The zero-order valence-electron chi connectivity index (χ0n) is 13.7. The first-order valence-corrected chi connectivity index (χ1v) is 10.8. The molecule has 0 radical (unpaired) electrons. The summed E-state index contributed by atoms with van der Waals surface area (Å²) in [6, 6.07) is 4.46. The van der Waals surface area contributed by atoms with Gasteiger partial charge in [-0.1, -0.05) is 27.5 Å². The zero-order chi connectivity index (χ0) is 18.9. The van der Waals surface area contributed by atoms with E-state index in [1.54, 1.807) is 18.3 Å². The summed E-state index contributed by atoms with van der Waals surface area (Å²) in [5, 5.41) is 16.3. The van der Waals surface area contributed by atoms with Crippen molar-refractivity contribution in [2.75, 3.05) is 5.88 Å². The Kier molecular flexibility index (Phi) is 5.71. The van der Waals surface area contributed by atoms with E-state index >= 15 is 0 Å². The topological polar surface area (TPSA) is 101 Å². The maximum absolute atomic E-state index is 12.6. The van der Waals surface area contributed by atoms with Gasteiger partial charge in [-0.05, 0) is 37.5 Å². The number of fused-ring (bicyclic) bond motifs is 1. The van der Waals surface area contributed by atoms with Gasteiger partial charge in [0.15, 0.2) is 9.84 Å². The standard InChI is InChI=1S/C16H17BrClN3O4S/c17-10-4-5-15(12(18)6-10)26(24,25)9-19-13-2-1-3-14-11(13)7-20-21(14)8-16(22)23/h4-7,13,19H,1-3,8-9H2,(H,22,23)/t13-/m1/s1. The molecule has 0 saturated carbocycles. The minimum atomic E-state index is -3.61. The van der Waals surface area contributed by atoms with Crippen molar-refractivity contribution in [3.63, 3.8) is 0 Å². The second-order valence-corrected chi connectivity index (χ2v) is 9.36. The van der Waals surface area contributed by atoms with E-state index in [1.807, 2.05) is 0 Å². The van der Waals surface area contributed by atoms with Gasteiger partial charge in [0.1, 0.15) is 12.4 Å². The van der Waals surface area contributed by atoms with Gasteiger partial charge in [0, 0.05) is 21.8 Å². The number of nitrogens with zero attached hydrogens (tertiary/aromatic N) is 2. The van der Waals surface area contributed by atoms with E-state index in [0.29, 0.717) is 4.47 Å². The predicted molar refractivity (Wildman–Crippen MR) is 99.9 cm³/mol. The van der Waals surface area contributed by atoms with E-state index in [0.717, 1.165) is 30.5 Å². The predicted octanol–water partition coefficient (Wildman–Crippen LogP) is 2.78. The van der Waals surface area contributed by atoms with Crippen LogP contribution in [-0.4, -0.2) is 35.2 Å². The monoisotopic (exact) mass is 461 g/mol. The van der Waals surface area contributed by atoms with Crippen LogP contribution in [-0.2, 0) is 27.6 Å². The van der Waals surface area contributed by atoms with E-state index in [1.165, 1.54) is 10.7 Å². The highest BCUT2D eigenvalue weighted by molar-refractivity contribution is 9.10. The molecule has 1 atom stereocenters. The average Bonchev–Trinajstić information content (AvgIpc) is 2.95. The van der Waals surface area contributed by atoms with Gasteiger partial charge in [-0.3, -0.25) is 14.8 Å². The van der Waals surface area contributed by atoms with Crippen molar-refractivity contribution in [3.8, 4) is 0 Å². The Morgan fingerprint density at radius 1 is 1.46 bits per heavy atom. The van der Waals surface area contributed by atoms with Gasteiger partial charge >= 0.3 is 5.97 Å². The van der Waals surface area contributed by atoms with Crippen LogP contribution in [0.5, 0.6) is 0 Å². The van der Waals surface area contributed by atoms with Gasteiger partial charge in [-0.25, -0.2) is 8.42 Å². The van der Waals surface area contributed by atoms with Gasteiger partial charge in [0.05, 0.1) is 16.1 Å². The maximum Gasteiger partial charge on any atom is 0.325 e. The first-order valence-electron chi connectivity index (χ1n) is 7.95. The number of rotatable bonds is 6. The molecule has 140 valence electrons. The van der Waals surface area contributed by atoms with Gasteiger partial charge in [0.2, 0.25) is 0 Å². The average molecular weight is 463 g/mol. The van der Waals surface area contributed by atoms with Gasteiger partial charge in [0.25, 0.3) is 0 Å². The van der Waals surface area contributed by atoms with Crippen molar-refractivity contribution in [3.05, 3.63) is 45.1 Å². The minimum absolute atomic E-state index is 0.0764. The largest absolute Gasteiger partial charge is 0.480 e. The molecule has 10 heteroatoms. The Balaban J connectivity index is 1.77. The number of carbonyl (C=O) groups is 1. The van der Waals surface area contributed by atoms with Crippen LogP contribution in [0.1, 0.15) is 30.1 Å². The third kappa shape index (κ3) is 4.11. The Morgan fingerprint density at radius 2 is 2.23 bits per heavy atom. The lowest BCUT2D eigenvalue weighted by molar-refractivity contribution is -0.137. The van der Waals surface area contributed by atoms with Crippen LogP contribution < -0.4 is 5.32 Å². The number of hydrogen-bond acceptors (Lipinski definition) is 5. The highest BCUT2D eigenvalue weighted by Crippen LogP contribution is 2.31. The van der Waals surface area contributed by atoms with Crippen molar-refractivity contribution in [2.24, 2.45) is 0 Å². The fourth-order valence-electron chi connectivity index (χ4n) is 3.11. The smallest absolute Gasteiger partial charge is 0.325 e. The number of benzene rings is 1. The number of halogens is 2. The summed E-state index contributed by atoms with van der Waals surface area (Å²) in [5.41, 5.74) is 1.70. The number of nitrogens with one attached hydrogen (secondary N) is 1. The van der Waals surface area contributed by atoms with Crippen molar-refractivity contribution in [1.82, 2.24) is 15.1 Å². The fourth-order valence-corrected chi connectivity index (χ4v) is 5.34. The van der Waals surface area contributed by atoms with Crippen LogP contribution in [0, 0.1) is 0 Å². The molecule has 1 aromatic heterocycles. The molecule has 1 aliphatic rings. The Bertz CT molecular complexity index is 945. The van der Waals surface area contributed by atoms with Gasteiger partial charge in [-0.15, -0.1) is 0 Å². The molecule has 2 aromatic rings. The van der Waals surface area contributed by atoms with Crippen molar-refractivity contribution >= 4 is 43.3 Å². The molecule has 0 saturated heterocycles. The first-order chi connectivity index (χ1) is 12.3. The molecule has 1 aromatic carbocycles. The number of sulfone groups is 1. The normalized spacial score (nSPS) is 17.1. The molecule has 0 aliphatic heterocycles. The Morgan fingerprint density at radius 3 is 2.92 bits per heavy atom. The second kappa shape index (κ2) is 7.67. The third-order valence-electron chi connectivity index (χ3n) is 4.30. The van der Waals surface area contributed by atoms with Crippen LogP contribution >= 0.6 is 27.5 Å². The van der Waals surface area contributed by atoms with E-state index in [2.05, 4.69) is 26.3 Å². The number of carboxylic acid groups (broad SMARTS) is 1. The van der Waals surface area contributed by atoms with E-state index in [9.17, 15) is 13.2 Å². The third-order valence-corrected chi connectivity index (χ3v) is 6.79. The van der Waals surface area contributed by atoms with E-state index in [-0.39, 0.29) is 28.4 Å². The molecule has 0 bridgehead atoms. The summed E-state index contributed by atoms with van der Waals surface area (Å²) in [4.78, 5) is 11.0. The van der Waals surface area contributed by atoms with Crippen LogP contribution in [0.25, 0.3) is 0 Å². The van der Waals surface area contributed by atoms with Crippen LogP contribution in [0.2, 0.25) is 5.02 Å². The summed E-state index contributed by atoms with van der Waals surface area (Å²) in [6.45, 7) is -0.200. The number of hydrogen-bond donors (Lipinski definition) is 2. The summed E-state index contributed by atoms with van der Waals surface area (Å²) in [5.74, 6) is -1.22. The molecular weight excluding hydrogens is 446 g/mol. The molecule has 0 fully saturated rings. The highest BCUT2D eigenvalue weighted by Gasteiger charge is 2.27. The van der Waals surface area contributed by atoms with Crippen LogP contribution in [0.15, 0.2) is 33.8 Å². The zero-order valence-corrected chi connectivity index (χ0v) is 16.8. The lowest BCUT2D eigenvalue weighted by atomic mass is 9.93. The molecule has 0 amide bonds. The van der Waals surface area contributed by atoms with Gasteiger partial charge < -0.3 is 5.11 Å². The lowest BCUT2D eigenvalue weighted by Gasteiger charge is -2.24. The van der Waals surface area contributed by atoms with Gasteiger partial charge in [-0.2, -0.15) is 5.10 Å². The minimum Gasteiger partial charge on any atom is -0.480 e. The molecule has 0 spiro atoms. The number of aliphatic carboxylic acids is 1. The van der Waals surface area contributed by atoms with Crippen LogP contribution in [0.3, 0.4) is 0 Å². The summed E-state index contributed by atoms with van der Waals surface area (Å²) >= 11 is 9.32.